The van der Waals surface area contributed by atoms with Crippen molar-refractivity contribution in [3.8, 4) is 0 Å². The van der Waals surface area contributed by atoms with E-state index in [4.69, 9.17) is 5.73 Å². The average Bonchev–Trinajstić information content (AvgIpc) is 1.82. The quantitative estimate of drug-likeness (QED) is 0.582. The van der Waals surface area contributed by atoms with E-state index in [9.17, 15) is 0 Å². The van der Waals surface area contributed by atoms with E-state index in [-0.39, 0.29) is 6.17 Å². The SMILES string of the molecule is CC1CC(N)NC(C)C1Br. The summed E-state index contributed by atoms with van der Waals surface area (Å²) in [5.41, 5.74) is 5.75. The van der Waals surface area contributed by atoms with Gasteiger partial charge in [-0.3, -0.25) is 5.32 Å². The molecule has 1 heterocycles. The van der Waals surface area contributed by atoms with Crippen LogP contribution in [0, 0.1) is 5.92 Å². The van der Waals surface area contributed by atoms with Gasteiger partial charge in [-0.2, -0.15) is 0 Å². The van der Waals surface area contributed by atoms with Crippen molar-refractivity contribution < 1.29 is 0 Å². The van der Waals surface area contributed by atoms with E-state index in [1.54, 1.807) is 0 Å². The zero-order valence-corrected chi connectivity index (χ0v) is 8.06. The molecule has 1 rings (SSSR count). The van der Waals surface area contributed by atoms with Crippen LogP contribution < -0.4 is 11.1 Å². The fourth-order valence-corrected chi connectivity index (χ4v) is 1.89. The number of hydrogen-bond donors (Lipinski definition) is 2. The molecule has 0 aromatic heterocycles. The molecule has 0 amide bonds. The van der Waals surface area contributed by atoms with Crippen molar-refractivity contribution in [3.63, 3.8) is 0 Å². The second kappa shape index (κ2) is 3.20. The van der Waals surface area contributed by atoms with Crippen molar-refractivity contribution in [2.75, 3.05) is 0 Å². The Morgan fingerprint density at radius 1 is 1.50 bits per heavy atom. The third-order valence-corrected chi connectivity index (χ3v) is 3.82. The molecule has 0 aromatic carbocycles. The maximum atomic E-state index is 5.75. The smallest absolute Gasteiger partial charge is 0.0551 e. The molecule has 0 bridgehead atoms. The lowest BCUT2D eigenvalue weighted by Crippen LogP contribution is -2.54. The monoisotopic (exact) mass is 206 g/mol. The zero-order chi connectivity index (χ0) is 7.72. The predicted molar refractivity (Wildman–Crippen MR) is 47.1 cm³/mol. The summed E-state index contributed by atoms with van der Waals surface area (Å²) < 4.78 is 0. The Morgan fingerprint density at radius 3 is 2.60 bits per heavy atom. The van der Waals surface area contributed by atoms with Crippen molar-refractivity contribution in [1.29, 1.82) is 0 Å². The summed E-state index contributed by atoms with van der Waals surface area (Å²) in [4.78, 5) is 0.576. The Hall–Kier alpha value is 0.400. The molecule has 1 aliphatic rings. The molecule has 0 aliphatic carbocycles. The molecule has 1 saturated heterocycles. The highest BCUT2D eigenvalue weighted by Gasteiger charge is 2.28. The minimum absolute atomic E-state index is 0.193. The number of alkyl halides is 1. The van der Waals surface area contributed by atoms with Crippen LogP contribution in [0.3, 0.4) is 0 Å². The van der Waals surface area contributed by atoms with Gasteiger partial charge in [0.05, 0.1) is 6.17 Å². The van der Waals surface area contributed by atoms with Crippen molar-refractivity contribution in [1.82, 2.24) is 5.32 Å². The van der Waals surface area contributed by atoms with E-state index < -0.39 is 0 Å². The summed E-state index contributed by atoms with van der Waals surface area (Å²) in [5.74, 6) is 0.686. The molecule has 0 saturated carbocycles. The Kier molecular flexibility index (Phi) is 2.72. The number of rotatable bonds is 0. The van der Waals surface area contributed by atoms with Crippen molar-refractivity contribution in [2.45, 2.75) is 37.3 Å². The summed E-state index contributed by atoms with van der Waals surface area (Å²) >= 11 is 3.63. The van der Waals surface area contributed by atoms with E-state index in [0.29, 0.717) is 16.8 Å². The number of nitrogens with two attached hydrogens (primary N) is 1. The maximum Gasteiger partial charge on any atom is 0.0551 e. The second-order valence-electron chi connectivity index (χ2n) is 3.22. The highest BCUT2D eigenvalue weighted by atomic mass is 79.9. The highest BCUT2D eigenvalue weighted by molar-refractivity contribution is 9.09. The Morgan fingerprint density at radius 2 is 2.10 bits per heavy atom. The normalized spacial score (nSPS) is 49.2. The van der Waals surface area contributed by atoms with Crippen LogP contribution in [-0.2, 0) is 0 Å². The molecule has 3 heteroatoms. The fourth-order valence-electron chi connectivity index (χ4n) is 1.52. The van der Waals surface area contributed by atoms with Crippen molar-refractivity contribution in [3.05, 3.63) is 0 Å². The highest BCUT2D eigenvalue weighted by Crippen LogP contribution is 2.24. The minimum Gasteiger partial charge on any atom is -0.316 e. The average molecular weight is 207 g/mol. The number of hydrogen-bond acceptors (Lipinski definition) is 2. The minimum atomic E-state index is 0.193. The lowest BCUT2D eigenvalue weighted by atomic mass is 9.93. The van der Waals surface area contributed by atoms with Crippen molar-refractivity contribution >= 4 is 15.9 Å². The molecule has 4 atom stereocenters. The maximum absolute atomic E-state index is 5.75. The van der Waals surface area contributed by atoms with Crippen LogP contribution >= 0.6 is 15.9 Å². The van der Waals surface area contributed by atoms with E-state index >= 15 is 0 Å². The van der Waals surface area contributed by atoms with E-state index in [1.807, 2.05) is 0 Å². The van der Waals surface area contributed by atoms with Crippen LogP contribution in [0.4, 0.5) is 0 Å². The molecule has 60 valence electrons. The summed E-state index contributed by atoms with van der Waals surface area (Å²) in [6.45, 7) is 4.39. The number of halogens is 1. The van der Waals surface area contributed by atoms with Crippen LogP contribution in [0.1, 0.15) is 20.3 Å². The van der Waals surface area contributed by atoms with Crippen LogP contribution in [-0.4, -0.2) is 17.0 Å². The molecule has 10 heavy (non-hydrogen) atoms. The molecule has 0 spiro atoms. The molecular formula is C7H15BrN2. The molecule has 4 unspecified atom stereocenters. The molecule has 1 fully saturated rings. The third kappa shape index (κ3) is 1.71. The molecule has 3 N–H and O–H groups in total. The molecular weight excluding hydrogens is 192 g/mol. The van der Waals surface area contributed by atoms with Gasteiger partial charge in [0.15, 0.2) is 0 Å². The van der Waals surface area contributed by atoms with Gasteiger partial charge in [-0.15, -0.1) is 0 Å². The molecule has 0 aromatic rings. The Bertz CT molecular complexity index is 106. The van der Waals surface area contributed by atoms with Gasteiger partial charge < -0.3 is 5.73 Å². The largest absolute Gasteiger partial charge is 0.316 e. The van der Waals surface area contributed by atoms with Gasteiger partial charge >= 0.3 is 0 Å². The topological polar surface area (TPSA) is 38.0 Å². The molecule has 0 radical (unpaired) electrons. The van der Waals surface area contributed by atoms with Crippen LogP contribution in [0.15, 0.2) is 0 Å². The van der Waals surface area contributed by atoms with Gasteiger partial charge in [-0.05, 0) is 19.3 Å². The fraction of sp³-hybridized carbons (Fsp3) is 1.00. The Labute approximate surface area is 70.7 Å². The van der Waals surface area contributed by atoms with E-state index in [1.165, 1.54) is 0 Å². The van der Waals surface area contributed by atoms with Crippen LogP contribution in [0.2, 0.25) is 0 Å². The van der Waals surface area contributed by atoms with Gasteiger partial charge in [-0.25, -0.2) is 0 Å². The Balaban J connectivity index is 2.49. The van der Waals surface area contributed by atoms with Gasteiger partial charge in [0.1, 0.15) is 0 Å². The van der Waals surface area contributed by atoms with Gasteiger partial charge in [-0.1, -0.05) is 22.9 Å². The van der Waals surface area contributed by atoms with E-state index in [0.717, 1.165) is 6.42 Å². The number of piperidine rings is 1. The molecule has 2 nitrogen and oxygen atoms in total. The predicted octanol–water partition coefficient (Wildman–Crippen LogP) is 1.05. The number of nitrogens with one attached hydrogen (secondary N) is 1. The first-order valence-corrected chi connectivity index (χ1v) is 4.68. The lowest BCUT2D eigenvalue weighted by molar-refractivity contribution is 0.284. The van der Waals surface area contributed by atoms with Gasteiger partial charge in [0, 0.05) is 10.9 Å². The van der Waals surface area contributed by atoms with E-state index in [2.05, 4.69) is 35.1 Å². The standard InChI is InChI=1S/C7H15BrN2/c1-4-3-6(9)10-5(2)7(4)8/h4-7,10H,3,9H2,1-2H3. The first-order valence-electron chi connectivity index (χ1n) is 3.77. The zero-order valence-electron chi connectivity index (χ0n) is 6.47. The lowest BCUT2D eigenvalue weighted by Gasteiger charge is -2.35. The first-order chi connectivity index (χ1) is 4.61. The molecule has 1 aliphatic heterocycles. The summed E-state index contributed by atoms with van der Waals surface area (Å²) in [6.07, 6.45) is 1.26. The van der Waals surface area contributed by atoms with Gasteiger partial charge in [0.25, 0.3) is 0 Å². The third-order valence-electron chi connectivity index (χ3n) is 2.12. The van der Waals surface area contributed by atoms with Gasteiger partial charge in [0.2, 0.25) is 0 Å². The van der Waals surface area contributed by atoms with Crippen LogP contribution in [0.5, 0.6) is 0 Å². The summed E-state index contributed by atoms with van der Waals surface area (Å²) in [6, 6.07) is 0.499. The van der Waals surface area contributed by atoms with Crippen molar-refractivity contribution in [2.24, 2.45) is 11.7 Å². The second-order valence-corrected chi connectivity index (χ2v) is 4.28. The summed E-state index contributed by atoms with van der Waals surface area (Å²) in [5, 5.41) is 3.29. The first kappa shape index (κ1) is 8.50. The van der Waals surface area contributed by atoms with Crippen LogP contribution in [0.25, 0.3) is 0 Å². The summed E-state index contributed by atoms with van der Waals surface area (Å²) in [7, 11) is 0.